The van der Waals surface area contributed by atoms with Gasteiger partial charge in [-0.3, -0.25) is 0 Å². The van der Waals surface area contributed by atoms with Gasteiger partial charge in [0.1, 0.15) is 0 Å². The zero-order chi connectivity index (χ0) is 16.7. The summed E-state index contributed by atoms with van der Waals surface area (Å²) in [6.07, 6.45) is 0.840. The third kappa shape index (κ3) is 7.62. The second-order valence-electron chi connectivity index (χ2n) is 5.61. The van der Waals surface area contributed by atoms with Gasteiger partial charge >= 0.3 is 36.0 Å². The Hall–Kier alpha value is -0.660. The van der Waals surface area contributed by atoms with E-state index in [1.165, 1.54) is 32.7 Å². The van der Waals surface area contributed by atoms with E-state index < -0.39 is 0 Å². The molecule has 0 saturated heterocycles. The number of fused-ring (bicyclic) bond motifs is 2. The van der Waals surface area contributed by atoms with Gasteiger partial charge in [-0.15, -0.1) is 81.2 Å². The first-order valence-electron chi connectivity index (χ1n) is 7.83. The first-order chi connectivity index (χ1) is 11.1. The molecule has 130 valence electrons. The van der Waals surface area contributed by atoms with Gasteiger partial charge in [0.05, 0.1) is 0 Å². The Labute approximate surface area is 179 Å². The van der Waals surface area contributed by atoms with E-state index in [0.717, 1.165) is 6.16 Å². The molecule has 25 heavy (non-hydrogen) atoms. The first-order valence-corrected chi connectivity index (χ1v) is 13.8. The fourth-order valence-electron chi connectivity index (χ4n) is 2.61. The van der Waals surface area contributed by atoms with E-state index in [2.05, 4.69) is 93.2 Å². The summed E-state index contributed by atoms with van der Waals surface area (Å²) in [6.45, 7) is 6.50. The molecule has 0 heterocycles. The van der Waals surface area contributed by atoms with Crippen LogP contribution in [0.3, 0.4) is 0 Å². The van der Waals surface area contributed by atoms with Crippen LogP contribution in [0.25, 0.3) is 21.5 Å². The monoisotopic (exact) mass is 462 g/mol. The second kappa shape index (κ2) is 12.7. The van der Waals surface area contributed by atoms with Gasteiger partial charge in [-0.05, 0) is 0 Å². The Morgan fingerprint density at radius 1 is 0.720 bits per heavy atom. The summed E-state index contributed by atoms with van der Waals surface area (Å²) in [4.78, 5) is 0. The van der Waals surface area contributed by atoms with Crippen molar-refractivity contribution >= 4 is 27.7 Å². The van der Waals surface area contributed by atoms with Crippen molar-refractivity contribution in [3.8, 4) is 0 Å². The minimum Gasteiger partial charge on any atom is -1.00 e. The second-order valence-corrected chi connectivity index (χ2v) is 10.4. The van der Waals surface area contributed by atoms with Crippen LogP contribution in [0.4, 0.5) is 0 Å². The summed E-state index contributed by atoms with van der Waals surface area (Å²) in [6, 6.07) is 25.7. The van der Waals surface area contributed by atoms with Crippen molar-refractivity contribution in [2.45, 2.75) is 20.4 Å². The largest absolute Gasteiger partial charge is 1.00 e. The SMILES string of the molecule is C[SiH]=[Zr+2].Cc1cc2ccccc2[cH-]1.Cc1cc2ccccc2[cH-]1.[Cl-].[Cl-]. The molecule has 0 aromatic heterocycles. The van der Waals surface area contributed by atoms with Gasteiger partial charge < -0.3 is 24.8 Å². The van der Waals surface area contributed by atoms with Crippen molar-refractivity contribution < 1.29 is 48.1 Å². The Morgan fingerprint density at radius 2 is 1.04 bits per heavy atom. The van der Waals surface area contributed by atoms with E-state index in [-0.39, 0.29) is 24.8 Å². The van der Waals surface area contributed by atoms with Crippen LogP contribution in [-0.4, -0.2) is 6.16 Å². The molecule has 0 fully saturated rings. The predicted octanol–water partition coefficient (Wildman–Crippen LogP) is -0.325. The third-order valence-corrected chi connectivity index (χ3v) is 3.52. The predicted molar refractivity (Wildman–Crippen MR) is 102 cm³/mol. The van der Waals surface area contributed by atoms with E-state index >= 15 is 0 Å². The maximum atomic E-state index is 2.25. The maximum Gasteiger partial charge on any atom is -0.0579 e. The van der Waals surface area contributed by atoms with E-state index in [9.17, 15) is 0 Å². The van der Waals surface area contributed by atoms with Crippen LogP contribution in [0.5, 0.6) is 0 Å². The Kier molecular flexibility index (Phi) is 12.3. The third-order valence-electron chi connectivity index (χ3n) is 3.52. The molecule has 0 bridgehead atoms. The number of halogens is 2. The summed E-state index contributed by atoms with van der Waals surface area (Å²) in [5.41, 5.74) is 2.70. The zero-order valence-electron chi connectivity index (χ0n) is 14.8. The molecule has 4 heteroatoms. The van der Waals surface area contributed by atoms with Crippen LogP contribution in [0.2, 0.25) is 6.55 Å². The molecule has 0 saturated carbocycles. The standard InChI is InChI=1S/2C10H9.CH4Si.2ClH.Zr/c2*1-8-6-9-4-2-3-5-10(9)7-8;1-2;;;/h2*2-7H,1H3;2H,1H3;2*1H;/q2*-1;;;;+2/p-2. The average Bonchev–Trinajstić information content (AvgIpc) is 3.08. The van der Waals surface area contributed by atoms with Crippen LogP contribution < -0.4 is 24.8 Å². The van der Waals surface area contributed by atoms with Crippen molar-refractivity contribution in [3.05, 3.63) is 83.9 Å². The fraction of sp³-hybridized carbons (Fsp3) is 0.143. The maximum absolute atomic E-state index is 2.25. The fourth-order valence-corrected chi connectivity index (χ4v) is 2.61. The van der Waals surface area contributed by atoms with Crippen molar-refractivity contribution in [2.75, 3.05) is 0 Å². The summed E-state index contributed by atoms with van der Waals surface area (Å²) < 4.78 is 0. The van der Waals surface area contributed by atoms with Gasteiger partial charge in [0.2, 0.25) is 0 Å². The summed E-state index contributed by atoms with van der Waals surface area (Å²) in [5, 5.41) is 5.39. The molecule has 0 aliphatic carbocycles. The molecule has 0 amide bonds. The molecule has 0 aliphatic rings. The number of aryl methyl sites for hydroxylation is 2. The van der Waals surface area contributed by atoms with E-state index in [0.29, 0.717) is 0 Å². The first kappa shape index (κ1) is 24.3. The van der Waals surface area contributed by atoms with E-state index in [1.807, 2.05) is 0 Å². The zero-order valence-corrected chi connectivity index (χ0v) is 19.9. The number of hydrogen-bond donors (Lipinski definition) is 0. The normalized spacial score (nSPS) is 9.00. The van der Waals surface area contributed by atoms with Crippen LogP contribution >= 0.6 is 0 Å². The van der Waals surface area contributed by atoms with Gasteiger partial charge in [-0.1, -0.05) is 26.0 Å². The smallest absolute Gasteiger partial charge is 0.0579 e. The average molecular weight is 465 g/mol. The molecule has 0 radical (unpaired) electrons. The van der Waals surface area contributed by atoms with Crippen LogP contribution in [0.1, 0.15) is 11.1 Å². The quantitative estimate of drug-likeness (QED) is 0.247. The molecule has 0 nitrogen and oxygen atoms in total. The number of rotatable bonds is 0. The van der Waals surface area contributed by atoms with Gasteiger partial charge in [-0.2, -0.15) is 12.1 Å². The molecule has 4 rings (SSSR count). The summed E-state index contributed by atoms with van der Waals surface area (Å²) >= 11 is 1.72. The van der Waals surface area contributed by atoms with Gasteiger partial charge in [0.25, 0.3) is 0 Å². The van der Waals surface area contributed by atoms with Crippen molar-refractivity contribution in [3.63, 3.8) is 0 Å². The van der Waals surface area contributed by atoms with E-state index in [1.54, 1.807) is 23.3 Å². The van der Waals surface area contributed by atoms with Gasteiger partial charge in [0.15, 0.2) is 0 Å². The minimum absolute atomic E-state index is 0. The molecule has 0 aliphatic heterocycles. The Bertz CT molecular complexity index is 755. The van der Waals surface area contributed by atoms with Crippen LogP contribution in [0.15, 0.2) is 72.8 Å². The summed E-state index contributed by atoms with van der Waals surface area (Å²) in [7, 11) is 0. The number of benzene rings is 2. The molecule has 0 N–H and O–H groups in total. The molecule has 0 spiro atoms. The van der Waals surface area contributed by atoms with Gasteiger partial charge in [-0.25, -0.2) is 0 Å². The minimum atomic E-state index is 0. The Morgan fingerprint density at radius 3 is 1.36 bits per heavy atom. The molecule has 0 atom stereocenters. The summed E-state index contributed by atoms with van der Waals surface area (Å²) in [5.74, 6) is 0. The van der Waals surface area contributed by atoms with Gasteiger partial charge in [0, 0.05) is 0 Å². The molecule has 4 aromatic carbocycles. The van der Waals surface area contributed by atoms with Crippen LogP contribution in [0, 0.1) is 13.8 Å². The van der Waals surface area contributed by atoms with E-state index in [4.69, 9.17) is 0 Å². The molecular weight excluding hydrogens is 442 g/mol. The molecule has 4 aromatic rings. The molecule has 0 unspecified atom stereocenters. The van der Waals surface area contributed by atoms with Crippen LogP contribution in [-0.2, 0) is 23.3 Å². The molecular formula is C21H22Cl2SiZr-2. The number of hydrogen-bond acceptors (Lipinski definition) is 0. The van der Waals surface area contributed by atoms with Crippen molar-refractivity contribution in [1.82, 2.24) is 0 Å². The van der Waals surface area contributed by atoms with Crippen molar-refractivity contribution in [2.24, 2.45) is 0 Å². The Balaban J connectivity index is 0.000000374. The van der Waals surface area contributed by atoms with Crippen molar-refractivity contribution in [1.29, 1.82) is 0 Å². The topological polar surface area (TPSA) is 0 Å².